The smallest absolute Gasteiger partial charge is 0.396 e. The highest BCUT2D eigenvalue weighted by atomic mass is 19.4. The lowest BCUT2D eigenvalue weighted by molar-refractivity contribution is -0.137. The summed E-state index contributed by atoms with van der Waals surface area (Å²) in [5, 5.41) is 9.82. The van der Waals surface area contributed by atoms with Gasteiger partial charge >= 0.3 is 6.18 Å². The predicted octanol–water partition coefficient (Wildman–Crippen LogP) is 3.11. The molecule has 1 aromatic heterocycles. The van der Waals surface area contributed by atoms with Gasteiger partial charge in [0, 0.05) is 38.4 Å². The molecule has 1 aliphatic heterocycles. The second kappa shape index (κ2) is 7.49. The minimum absolute atomic E-state index is 0.0377. The molecule has 0 spiro atoms. The van der Waals surface area contributed by atoms with E-state index < -0.39 is 17.2 Å². The number of piperidine rings is 1. The topological polar surface area (TPSA) is 45.6 Å². The number of hydrogen-bond donors (Lipinski definition) is 1. The van der Waals surface area contributed by atoms with Gasteiger partial charge in [-0.1, -0.05) is 0 Å². The molecular weight excluding hydrogens is 309 g/mol. The molecule has 0 unspecified atom stereocenters. The maximum atomic E-state index is 13.2. The van der Waals surface area contributed by atoms with Crippen LogP contribution in [0.15, 0.2) is 18.3 Å². The summed E-state index contributed by atoms with van der Waals surface area (Å²) in [5.74, 6) is -0.0377. The molecule has 1 saturated heterocycles. The standard InChI is InChI=1S/C16H23F3N2O2/c1-23-10-4-7-15(12-22)6-3-9-21(11-15)14-13(16(17,18)19)5-2-8-20-14/h2,5,8,22H,3-4,6-7,9-12H2,1H3/t15-/m0/s1. The highest BCUT2D eigenvalue weighted by Crippen LogP contribution is 2.40. The van der Waals surface area contributed by atoms with Crippen molar-refractivity contribution in [2.24, 2.45) is 5.41 Å². The van der Waals surface area contributed by atoms with Crippen molar-refractivity contribution in [1.29, 1.82) is 0 Å². The fraction of sp³-hybridized carbons (Fsp3) is 0.688. The third-order valence-corrected chi connectivity index (χ3v) is 4.44. The van der Waals surface area contributed by atoms with E-state index >= 15 is 0 Å². The molecule has 1 N–H and O–H groups in total. The first-order valence-electron chi connectivity index (χ1n) is 7.79. The number of anilines is 1. The fourth-order valence-corrected chi connectivity index (χ4v) is 3.26. The molecule has 4 nitrogen and oxygen atoms in total. The quantitative estimate of drug-likeness (QED) is 0.813. The minimum atomic E-state index is -4.43. The van der Waals surface area contributed by atoms with E-state index in [2.05, 4.69) is 4.98 Å². The zero-order chi connectivity index (χ0) is 16.9. The number of pyridine rings is 1. The number of aliphatic hydroxyl groups is 1. The summed E-state index contributed by atoms with van der Waals surface area (Å²) < 4.78 is 44.6. The van der Waals surface area contributed by atoms with E-state index in [4.69, 9.17) is 4.74 Å². The van der Waals surface area contributed by atoms with Gasteiger partial charge in [0.05, 0.1) is 12.2 Å². The largest absolute Gasteiger partial charge is 0.419 e. The first kappa shape index (κ1) is 18.0. The van der Waals surface area contributed by atoms with Gasteiger partial charge in [-0.2, -0.15) is 13.2 Å². The molecule has 23 heavy (non-hydrogen) atoms. The van der Waals surface area contributed by atoms with Crippen molar-refractivity contribution < 1.29 is 23.0 Å². The van der Waals surface area contributed by atoms with Crippen LogP contribution in [-0.4, -0.2) is 43.5 Å². The normalized spacial score (nSPS) is 22.4. The van der Waals surface area contributed by atoms with Gasteiger partial charge in [0.1, 0.15) is 5.82 Å². The second-order valence-electron chi connectivity index (χ2n) is 6.15. The van der Waals surface area contributed by atoms with Crippen LogP contribution in [0.5, 0.6) is 0 Å². The van der Waals surface area contributed by atoms with E-state index in [1.54, 1.807) is 12.0 Å². The molecule has 0 aromatic carbocycles. The molecule has 0 bridgehead atoms. The summed E-state index contributed by atoms with van der Waals surface area (Å²) in [6, 6.07) is 2.36. The maximum Gasteiger partial charge on any atom is 0.419 e. The third kappa shape index (κ3) is 4.35. The Bertz CT molecular complexity index is 510. The summed E-state index contributed by atoms with van der Waals surface area (Å²) in [6.07, 6.45) is -0.00965. The second-order valence-corrected chi connectivity index (χ2v) is 6.15. The van der Waals surface area contributed by atoms with Crippen LogP contribution in [0, 0.1) is 5.41 Å². The highest BCUT2D eigenvalue weighted by Gasteiger charge is 2.40. The summed E-state index contributed by atoms with van der Waals surface area (Å²) >= 11 is 0. The Kier molecular flexibility index (Phi) is 5.86. The number of aromatic nitrogens is 1. The van der Waals surface area contributed by atoms with Gasteiger partial charge in [0.25, 0.3) is 0 Å². The average molecular weight is 332 g/mol. The lowest BCUT2D eigenvalue weighted by Gasteiger charge is -2.43. The lowest BCUT2D eigenvalue weighted by Crippen LogP contribution is -2.46. The summed E-state index contributed by atoms with van der Waals surface area (Å²) in [7, 11) is 1.61. The van der Waals surface area contributed by atoms with Gasteiger partial charge in [-0.05, 0) is 37.8 Å². The van der Waals surface area contributed by atoms with Crippen molar-refractivity contribution in [2.75, 3.05) is 38.3 Å². The van der Waals surface area contributed by atoms with Crippen LogP contribution in [-0.2, 0) is 10.9 Å². The van der Waals surface area contributed by atoms with Crippen LogP contribution >= 0.6 is 0 Å². The van der Waals surface area contributed by atoms with Crippen LogP contribution < -0.4 is 4.90 Å². The van der Waals surface area contributed by atoms with Crippen LogP contribution in [0.3, 0.4) is 0 Å². The van der Waals surface area contributed by atoms with E-state index in [-0.39, 0.29) is 12.4 Å². The summed E-state index contributed by atoms with van der Waals surface area (Å²) in [4.78, 5) is 5.63. The van der Waals surface area contributed by atoms with Crippen LogP contribution in [0.1, 0.15) is 31.2 Å². The van der Waals surface area contributed by atoms with Gasteiger partial charge in [-0.15, -0.1) is 0 Å². The molecule has 7 heteroatoms. The Morgan fingerprint density at radius 1 is 1.43 bits per heavy atom. The number of alkyl halides is 3. The van der Waals surface area contributed by atoms with Gasteiger partial charge in [-0.3, -0.25) is 0 Å². The number of hydrogen-bond acceptors (Lipinski definition) is 4. The van der Waals surface area contributed by atoms with Crippen LogP contribution in [0.25, 0.3) is 0 Å². The Hall–Kier alpha value is -1.34. The third-order valence-electron chi connectivity index (χ3n) is 4.44. The van der Waals surface area contributed by atoms with Crippen molar-refractivity contribution in [3.63, 3.8) is 0 Å². The predicted molar refractivity (Wildman–Crippen MR) is 81.3 cm³/mol. The van der Waals surface area contributed by atoms with Crippen molar-refractivity contribution in [2.45, 2.75) is 31.9 Å². The van der Waals surface area contributed by atoms with Crippen LogP contribution in [0.4, 0.5) is 19.0 Å². The number of methoxy groups -OCH3 is 1. The molecule has 0 amide bonds. The zero-order valence-electron chi connectivity index (χ0n) is 13.3. The first-order valence-corrected chi connectivity index (χ1v) is 7.79. The van der Waals surface area contributed by atoms with E-state index in [1.165, 1.54) is 12.3 Å². The monoisotopic (exact) mass is 332 g/mol. The number of aliphatic hydroxyl groups excluding tert-OH is 1. The molecule has 1 aromatic rings. The van der Waals surface area contributed by atoms with Crippen molar-refractivity contribution >= 4 is 5.82 Å². The van der Waals surface area contributed by atoms with E-state index in [0.717, 1.165) is 31.7 Å². The number of halogens is 3. The van der Waals surface area contributed by atoms with Gasteiger partial charge < -0.3 is 14.7 Å². The molecule has 0 saturated carbocycles. The molecule has 1 fully saturated rings. The molecule has 1 atom stereocenters. The summed E-state index contributed by atoms with van der Waals surface area (Å²) in [5.41, 5.74) is -1.11. The lowest BCUT2D eigenvalue weighted by atomic mass is 9.77. The number of nitrogens with zero attached hydrogens (tertiary/aromatic N) is 2. The van der Waals surface area contributed by atoms with Crippen molar-refractivity contribution in [3.8, 4) is 0 Å². The molecule has 0 radical (unpaired) electrons. The maximum absolute atomic E-state index is 13.2. The molecule has 1 aliphatic rings. The Balaban J connectivity index is 2.21. The summed E-state index contributed by atoms with van der Waals surface area (Å²) in [6.45, 7) is 1.44. The Morgan fingerprint density at radius 2 is 2.22 bits per heavy atom. The van der Waals surface area contributed by atoms with Gasteiger partial charge in [0.2, 0.25) is 0 Å². The fourth-order valence-electron chi connectivity index (χ4n) is 3.26. The van der Waals surface area contributed by atoms with Gasteiger partial charge in [0.15, 0.2) is 0 Å². The van der Waals surface area contributed by atoms with Gasteiger partial charge in [-0.25, -0.2) is 4.98 Å². The zero-order valence-corrected chi connectivity index (χ0v) is 13.3. The van der Waals surface area contributed by atoms with Crippen molar-refractivity contribution in [1.82, 2.24) is 4.98 Å². The van der Waals surface area contributed by atoms with E-state index in [0.29, 0.717) is 19.7 Å². The molecular formula is C16H23F3N2O2. The molecule has 0 aliphatic carbocycles. The highest BCUT2D eigenvalue weighted by molar-refractivity contribution is 5.49. The Labute approximate surface area is 134 Å². The number of ether oxygens (including phenoxy) is 1. The van der Waals surface area contributed by atoms with E-state index in [9.17, 15) is 18.3 Å². The van der Waals surface area contributed by atoms with Crippen molar-refractivity contribution in [3.05, 3.63) is 23.9 Å². The molecule has 2 rings (SSSR count). The van der Waals surface area contributed by atoms with Crippen LogP contribution in [0.2, 0.25) is 0 Å². The number of rotatable bonds is 6. The first-order chi connectivity index (χ1) is 10.9. The molecule has 2 heterocycles. The average Bonchev–Trinajstić information content (AvgIpc) is 2.54. The SMILES string of the molecule is COCCC[C@@]1(CO)CCCN(c2ncccc2C(F)(F)F)C1. The minimum Gasteiger partial charge on any atom is -0.396 e. The molecule has 130 valence electrons. The van der Waals surface area contributed by atoms with E-state index in [1.807, 2.05) is 0 Å². The Morgan fingerprint density at radius 3 is 2.87 bits per heavy atom.